The molecule has 0 spiro atoms. The van der Waals surface area contributed by atoms with E-state index < -0.39 is 6.10 Å². The van der Waals surface area contributed by atoms with Crippen molar-refractivity contribution in [1.82, 2.24) is 0 Å². The Bertz CT molecular complexity index is 385. The van der Waals surface area contributed by atoms with E-state index in [4.69, 9.17) is 9.47 Å². The van der Waals surface area contributed by atoms with E-state index in [1.807, 2.05) is 0 Å². The van der Waals surface area contributed by atoms with Crippen molar-refractivity contribution >= 4 is 15.9 Å². The van der Waals surface area contributed by atoms with Crippen LogP contribution in [0.5, 0.6) is 5.75 Å². The van der Waals surface area contributed by atoms with E-state index in [1.165, 1.54) is 19.2 Å². The Morgan fingerprint density at radius 2 is 2.25 bits per heavy atom. The highest BCUT2D eigenvalue weighted by Gasteiger charge is 2.42. The van der Waals surface area contributed by atoms with E-state index >= 15 is 0 Å². The molecule has 3 atom stereocenters. The molecule has 1 aromatic rings. The summed E-state index contributed by atoms with van der Waals surface area (Å²) < 4.78 is 24.1. The molecule has 0 heterocycles. The second-order valence-corrected chi connectivity index (χ2v) is 4.59. The number of halogens is 2. The fourth-order valence-corrected chi connectivity index (χ4v) is 2.16. The predicted octanol–water partition coefficient (Wildman–Crippen LogP) is 2.12. The molecule has 1 aliphatic rings. The molecule has 1 fully saturated rings. The standard InChI is InChI=1S/C11H12BrFO3/c1-15-11-8(14)5-10(11)16-9-3-2-6(13)4-7(9)12/h2-4,8,10-11,14H,5H2,1H3. The van der Waals surface area contributed by atoms with E-state index in [0.29, 0.717) is 16.6 Å². The summed E-state index contributed by atoms with van der Waals surface area (Å²) in [7, 11) is 1.53. The summed E-state index contributed by atoms with van der Waals surface area (Å²) in [6.45, 7) is 0. The average Bonchev–Trinajstić information content (AvgIpc) is 2.21. The molecule has 88 valence electrons. The summed E-state index contributed by atoms with van der Waals surface area (Å²) in [6, 6.07) is 4.22. The normalized spacial score (nSPS) is 28.6. The molecular formula is C11H12BrFO3. The first kappa shape index (κ1) is 11.8. The van der Waals surface area contributed by atoms with Gasteiger partial charge in [0.05, 0.1) is 10.6 Å². The molecular weight excluding hydrogens is 279 g/mol. The summed E-state index contributed by atoms with van der Waals surface area (Å²) in [6.07, 6.45) is -0.435. The second kappa shape index (κ2) is 4.69. The van der Waals surface area contributed by atoms with Crippen LogP contribution in [0, 0.1) is 5.82 Å². The van der Waals surface area contributed by atoms with Gasteiger partial charge < -0.3 is 14.6 Å². The SMILES string of the molecule is COC1C(O)CC1Oc1ccc(F)cc1Br. The van der Waals surface area contributed by atoms with Crippen LogP contribution in [0.1, 0.15) is 6.42 Å². The molecule has 1 aliphatic carbocycles. The van der Waals surface area contributed by atoms with Gasteiger partial charge in [0.2, 0.25) is 0 Å². The van der Waals surface area contributed by atoms with Crippen molar-refractivity contribution in [2.24, 2.45) is 0 Å². The smallest absolute Gasteiger partial charge is 0.134 e. The molecule has 0 aliphatic heterocycles. The highest BCUT2D eigenvalue weighted by Crippen LogP contribution is 2.32. The molecule has 0 radical (unpaired) electrons. The van der Waals surface area contributed by atoms with E-state index in [-0.39, 0.29) is 18.0 Å². The Morgan fingerprint density at radius 1 is 1.50 bits per heavy atom. The van der Waals surface area contributed by atoms with Crippen molar-refractivity contribution in [3.8, 4) is 5.75 Å². The largest absolute Gasteiger partial charge is 0.486 e. The van der Waals surface area contributed by atoms with Gasteiger partial charge in [-0.2, -0.15) is 0 Å². The third kappa shape index (κ3) is 2.21. The molecule has 1 saturated carbocycles. The minimum Gasteiger partial charge on any atom is -0.486 e. The first-order valence-corrected chi connectivity index (χ1v) is 5.73. The van der Waals surface area contributed by atoms with Crippen LogP contribution in [0.3, 0.4) is 0 Å². The lowest BCUT2D eigenvalue weighted by atomic mass is 9.88. The van der Waals surface area contributed by atoms with Crippen LogP contribution in [0.2, 0.25) is 0 Å². The molecule has 0 saturated heterocycles. The predicted molar refractivity (Wildman–Crippen MR) is 59.9 cm³/mol. The number of benzene rings is 1. The molecule has 3 unspecified atom stereocenters. The van der Waals surface area contributed by atoms with Crippen LogP contribution in [0.15, 0.2) is 22.7 Å². The van der Waals surface area contributed by atoms with Gasteiger partial charge >= 0.3 is 0 Å². The second-order valence-electron chi connectivity index (χ2n) is 3.73. The third-order valence-electron chi connectivity index (χ3n) is 2.66. The monoisotopic (exact) mass is 290 g/mol. The number of hydrogen-bond acceptors (Lipinski definition) is 3. The summed E-state index contributed by atoms with van der Waals surface area (Å²) in [4.78, 5) is 0. The maximum Gasteiger partial charge on any atom is 0.134 e. The zero-order chi connectivity index (χ0) is 11.7. The Labute approximate surface area is 101 Å². The van der Waals surface area contributed by atoms with Crippen molar-refractivity contribution in [2.75, 3.05) is 7.11 Å². The number of methoxy groups -OCH3 is 1. The maximum absolute atomic E-state index is 12.8. The highest BCUT2D eigenvalue weighted by molar-refractivity contribution is 9.10. The zero-order valence-electron chi connectivity index (χ0n) is 8.69. The molecule has 3 nitrogen and oxygen atoms in total. The Kier molecular flexibility index (Phi) is 3.47. The van der Waals surface area contributed by atoms with Gasteiger partial charge in [0, 0.05) is 13.5 Å². The van der Waals surface area contributed by atoms with Gasteiger partial charge in [-0.1, -0.05) is 0 Å². The number of ether oxygens (including phenoxy) is 2. The number of rotatable bonds is 3. The minimum atomic E-state index is -0.478. The quantitative estimate of drug-likeness (QED) is 0.927. The van der Waals surface area contributed by atoms with Crippen LogP contribution in [-0.2, 0) is 4.74 Å². The van der Waals surface area contributed by atoms with Gasteiger partial charge in [-0.3, -0.25) is 0 Å². The van der Waals surface area contributed by atoms with Gasteiger partial charge in [-0.05, 0) is 34.1 Å². The van der Waals surface area contributed by atoms with Crippen LogP contribution < -0.4 is 4.74 Å². The average molecular weight is 291 g/mol. The van der Waals surface area contributed by atoms with E-state index in [9.17, 15) is 9.50 Å². The molecule has 0 amide bonds. The van der Waals surface area contributed by atoms with Crippen molar-refractivity contribution in [3.63, 3.8) is 0 Å². The molecule has 16 heavy (non-hydrogen) atoms. The molecule has 2 rings (SSSR count). The van der Waals surface area contributed by atoms with Crippen LogP contribution in [0.4, 0.5) is 4.39 Å². The fraction of sp³-hybridized carbons (Fsp3) is 0.455. The van der Waals surface area contributed by atoms with Crippen molar-refractivity contribution in [1.29, 1.82) is 0 Å². The lowest BCUT2D eigenvalue weighted by Gasteiger charge is -2.40. The van der Waals surface area contributed by atoms with Gasteiger partial charge in [-0.15, -0.1) is 0 Å². The number of hydrogen-bond donors (Lipinski definition) is 1. The lowest BCUT2D eigenvalue weighted by Crippen LogP contribution is -2.54. The van der Waals surface area contributed by atoms with E-state index in [2.05, 4.69) is 15.9 Å². The zero-order valence-corrected chi connectivity index (χ0v) is 10.3. The van der Waals surface area contributed by atoms with Gasteiger partial charge in [-0.25, -0.2) is 4.39 Å². The minimum absolute atomic E-state index is 0.179. The van der Waals surface area contributed by atoms with E-state index in [0.717, 1.165) is 0 Å². The molecule has 5 heteroatoms. The topological polar surface area (TPSA) is 38.7 Å². The van der Waals surface area contributed by atoms with Gasteiger partial charge in [0.15, 0.2) is 0 Å². The van der Waals surface area contributed by atoms with Crippen LogP contribution in [-0.4, -0.2) is 30.5 Å². The third-order valence-corrected chi connectivity index (χ3v) is 3.28. The summed E-state index contributed by atoms with van der Waals surface area (Å²) in [5.74, 6) is 0.233. The van der Waals surface area contributed by atoms with Crippen molar-refractivity contribution in [2.45, 2.75) is 24.7 Å². The molecule has 0 aromatic heterocycles. The molecule has 0 bridgehead atoms. The van der Waals surface area contributed by atoms with Gasteiger partial charge in [0.1, 0.15) is 23.8 Å². The summed E-state index contributed by atoms with van der Waals surface area (Å²) >= 11 is 3.22. The Hall–Kier alpha value is -0.650. The van der Waals surface area contributed by atoms with Crippen LogP contribution >= 0.6 is 15.9 Å². The summed E-state index contributed by atoms with van der Waals surface area (Å²) in [5, 5.41) is 9.39. The summed E-state index contributed by atoms with van der Waals surface area (Å²) in [5.41, 5.74) is 0. The molecule has 1 aromatic carbocycles. The van der Waals surface area contributed by atoms with Gasteiger partial charge in [0.25, 0.3) is 0 Å². The van der Waals surface area contributed by atoms with Crippen molar-refractivity contribution < 1.29 is 19.0 Å². The maximum atomic E-state index is 12.8. The fourth-order valence-electron chi connectivity index (χ4n) is 1.72. The van der Waals surface area contributed by atoms with Crippen LogP contribution in [0.25, 0.3) is 0 Å². The number of aliphatic hydroxyl groups is 1. The Balaban J connectivity index is 2.04. The first-order valence-electron chi connectivity index (χ1n) is 4.94. The van der Waals surface area contributed by atoms with E-state index in [1.54, 1.807) is 6.07 Å². The molecule has 1 N–H and O–H groups in total. The highest BCUT2D eigenvalue weighted by atomic mass is 79.9. The first-order chi connectivity index (χ1) is 7.61. The number of aliphatic hydroxyl groups excluding tert-OH is 1. The van der Waals surface area contributed by atoms with Crippen molar-refractivity contribution in [3.05, 3.63) is 28.5 Å². The Morgan fingerprint density at radius 3 is 2.81 bits per heavy atom. The lowest BCUT2D eigenvalue weighted by molar-refractivity contribution is -0.149.